The molecule has 0 saturated heterocycles. The van der Waals surface area contributed by atoms with Crippen molar-refractivity contribution in [1.82, 2.24) is 5.32 Å². The number of esters is 1. The van der Waals surface area contributed by atoms with E-state index in [-0.39, 0.29) is 5.97 Å². The summed E-state index contributed by atoms with van der Waals surface area (Å²) in [5, 5.41) is 11.2. The highest BCUT2D eigenvalue weighted by atomic mass is 16.6. The van der Waals surface area contributed by atoms with Gasteiger partial charge in [-0.25, -0.2) is 4.79 Å². The topological polar surface area (TPSA) is 75.6 Å². The lowest BCUT2D eigenvalue weighted by atomic mass is 10.2. The molecule has 2 N–H and O–H groups in total. The van der Waals surface area contributed by atoms with E-state index >= 15 is 0 Å². The van der Waals surface area contributed by atoms with Crippen molar-refractivity contribution in [1.29, 1.82) is 0 Å². The molecule has 0 rings (SSSR count). The number of nitrogens with one attached hydrogen (secondary N) is 1. The number of carbonyl (C=O) groups excluding carboxylic acids is 1. The van der Waals surface area contributed by atoms with Gasteiger partial charge in [-0.1, -0.05) is 6.08 Å². The summed E-state index contributed by atoms with van der Waals surface area (Å²) in [6.07, 6.45) is 2.46. The summed E-state index contributed by atoms with van der Waals surface area (Å²) in [5.74, 6) is -1.36. The van der Waals surface area contributed by atoms with Crippen LogP contribution in [0, 0.1) is 0 Å². The second kappa shape index (κ2) is 6.27. The van der Waals surface area contributed by atoms with Crippen molar-refractivity contribution in [2.45, 2.75) is 39.3 Å². The summed E-state index contributed by atoms with van der Waals surface area (Å²) in [7, 11) is 0. The zero-order valence-electron chi connectivity index (χ0n) is 10.1. The second-order valence-corrected chi connectivity index (χ2v) is 4.40. The van der Waals surface area contributed by atoms with Gasteiger partial charge in [0.2, 0.25) is 0 Å². The van der Waals surface area contributed by atoms with E-state index in [0.29, 0.717) is 6.54 Å². The molecule has 0 unspecified atom stereocenters. The van der Waals surface area contributed by atoms with Gasteiger partial charge in [0.25, 0.3) is 0 Å². The quantitative estimate of drug-likeness (QED) is 0.542. The van der Waals surface area contributed by atoms with Gasteiger partial charge < -0.3 is 15.2 Å². The second-order valence-electron chi connectivity index (χ2n) is 4.40. The highest BCUT2D eigenvalue weighted by Gasteiger charge is 2.20. The van der Waals surface area contributed by atoms with Crippen molar-refractivity contribution in [3.8, 4) is 0 Å². The summed E-state index contributed by atoms with van der Waals surface area (Å²) in [5.41, 5.74) is -0.510. The Hall–Kier alpha value is -1.36. The molecule has 16 heavy (non-hydrogen) atoms. The predicted octanol–water partition coefficient (Wildman–Crippen LogP) is 0.947. The monoisotopic (exact) mass is 229 g/mol. The molecule has 0 radical (unpaired) electrons. The van der Waals surface area contributed by atoms with Crippen molar-refractivity contribution in [2.24, 2.45) is 0 Å². The molecular formula is C11H19NO4. The molecule has 0 amide bonds. The van der Waals surface area contributed by atoms with Gasteiger partial charge in [0, 0.05) is 12.6 Å². The Bertz CT molecular complexity index is 278. The molecule has 0 saturated carbocycles. The number of carboxylic acids is 1. The van der Waals surface area contributed by atoms with Crippen LogP contribution in [0.25, 0.3) is 0 Å². The molecule has 0 aliphatic heterocycles. The van der Waals surface area contributed by atoms with E-state index in [1.807, 2.05) is 0 Å². The Morgan fingerprint density at radius 3 is 2.44 bits per heavy atom. The maximum absolute atomic E-state index is 11.5. The average molecular weight is 229 g/mol. The molecule has 0 spiro atoms. The van der Waals surface area contributed by atoms with E-state index in [1.54, 1.807) is 27.7 Å². The van der Waals surface area contributed by atoms with Gasteiger partial charge in [0.1, 0.15) is 11.6 Å². The third-order valence-corrected chi connectivity index (χ3v) is 1.56. The number of aliphatic carboxylic acids is 1. The number of rotatable bonds is 5. The lowest BCUT2D eigenvalue weighted by molar-refractivity contribution is -0.156. The van der Waals surface area contributed by atoms with E-state index < -0.39 is 17.6 Å². The molecule has 0 aliphatic rings. The average Bonchev–Trinajstić information content (AvgIpc) is 2.08. The highest BCUT2D eigenvalue weighted by Crippen LogP contribution is 2.08. The molecule has 5 nitrogen and oxygen atoms in total. The van der Waals surface area contributed by atoms with E-state index in [0.717, 1.165) is 6.08 Å². The number of carbonyl (C=O) groups is 2. The third-order valence-electron chi connectivity index (χ3n) is 1.56. The minimum atomic E-state index is -1.01. The molecule has 0 heterocycles. The maximum Gasteiger partial charge on any atom is 0.328 e. The van der Waals surface area contributed by atoms with Gasteiger partial charge in [-0.2, -0.15) is 0 Å². The zero-order chi connectivity index (χ0) is 12.8. The SMILES string of the molecule is C[C@@H](NC/C=C/C(=O)O)C(=O)OC(C)(C)C. The first-order chi connectivity index (χ1) is 7.22. The molecule has 0 bridgehead atoms. The first-order valence-electron chi connectivity index (χ1n) is 5.08. The fourth-order valence-electron chi connectivity index (χ4n) is 0.878. The number of hydrogen-bond donors (Lipinski definition) is 2. The van der Waals surface area contributed by atoms with Gasteiger partial charge in [0.15, 0.2) is 0 Å². The normalized spacial score (nSPS) is 13.8. The van der Waals surface area contributed by atoms with Crippen LogP contribution in [0.4, 0.5) is 0 Å². The molecular weight excluding hydrogens is 210 g/mol. The molecule has 0 aliphatic carbocycles. The summed E-state index contributed by atoms with van der Waals surface area (Å²) < 4.78 is 5.14. The first kappa shape index (κ1) is 14.6. The molecule has 0 aromatic carbocycles. The Kier molecular flexibility index (Phi) is 5.74. The Morgan fingerprint density at radius 2 is 2.00 bits per heavy atom. The summed E-state index contributed by atoms with van der Waals surface area (Å²) in [6.45, 7) is 7.36. The predicted molar refractivity (Wildman–Crippen MR) is 60.1 cm³/mol. The largest absolute Gasteiger partial charge is 0.478 e. The van der Waals surface area contributed by atoms with E-state index in [9.17, 15) is 9.59 Å². The van der Waals surface area contributed by atoms with Crippen molar-refractivity contribution in [3.05, 3.63) is 12.2 Å². The van der Waals surface area contributed by atoms with Crippen molar-refractivity contribution >= 4 is 11.9 Å². The molecule has 5 heteroatoms. The molecule has 0 aromatic heterocycles. The van der Waals surface area contributed by atoms with Crippen molar-refractivity contribution in [2.75, 3.05) is 6.54 Å². The molecule has 0 fully saturated rings. The zero-order valence-corrected chi connectivity index (χ0v) is 10.1. The Labute approximate surface area is 95.5 Å². The van der Waals surface area contributed by atoms with Crippen molar-refractivity contribution in [3.63, 3.8) is 0 Å². The molecule has 92 valence electrons. The van der Waals surface area contributed by atoms with Crippen LogP contribution < -0.4 is 5.32 Å². The standard InChI is InChI=1S/C11H19NO4/c1-8(10(15)16-11(2,3)4)12-7-5-6-9(13)14/h5-6,8,12H,7H2,1-4H3,(H,13,14)/b6-5+/t8-/m1/s1. The van der Waals surface area contributed by atoms with E-state index in [2.05, 4.69) is 5.32 Å². The van der Waals surface area contributed by atoms with Crippen LogP contribution in [0.5, 0.6) is 0 Å². The fourth-order valence-corrected chi connectivity index (χ4v) is 0.878. The molecule has 1 atom stereocenters. The lowest BCUT2D eigenvalue weighted by Crippen LogP contribution is -2.39. The van der Waals surface area contributed by atoms with E-state index in [4.69, 9.17) is 9.84 Å². The van der Waals surface area contributed by atoms with Gasteiger partial charge in [-0.3, -0.25) is 4.79 Å². The van der Waals surface area contributed by atoms with Crippen LogP contribution in [-0.2, 0) is 14.3 Å². The van der Waals surface area contributed by atoms with Crippen LogP contribution in [0.15, 0.2) is 12.2 Å². The van der Waals surface area contributed by atoms with Crippen LogP contribution in [0.3, 0.4) is 0 Å². The van der Waals surface area contributed by atoms with Crippen LogP contribution in [0.1, 0.15) is 27.7 Å². The van der Waals surface area contributed by atoms with Gasteiger partial charge in [0.05, 0.1) is 0 Å². The third kappa shape index (κ3) is 7.99. The van der Waals surface area contributed by atoms with Gasteiger partial charge in [-0.05, 0) is 27.7 Å². The first-order valence-corrected chi connectivity index (χ1v) is 5.08. The van der Waals surface area contributed by atoms with Gasteiger partial charge >= 0.3 is 11.9 Å². The van der Waals surface area contributed by atoms with Gasteiger partial charge in [-0.15, -0.1) is 0 Å². The Morgan fingerprint density at radius 1 is 1.44 bits per heavy atom. The minimum Gasteiger partial charge on any atom is -0.478 e. The number of ether oxygens (including phenoxy) is 1. The van der Waals surface area contributed by atoms with Crippen LogP contribution >= 0.6 is 0 Å². The number of carboxylic acid groups (broad SMARTS) is 1. The van der Waals surface area contributed by atoms with Crippen LogP contribution in [0.2, 0.25) is 0 Å². The smallest absolute Gasteiger partial charge is 0.328 e. The van der Waals surface area contributed by atoms with Crippen LogP contribution in [-0.4, -0.2) is 35.2 Å². The maximum atomic E-state index is 11.5. The molecule has 0 aromatic rings. The van der Waals surface area contributed by atoms with Crippen molar-refractivity contribution < 1.29 is 19.4 Å². The Balaban J connectivity index is 3.93. The van der Waals surface area contributed by atoms with E-state index in [1.165, 1.54) is 6.08 Å². The fraction of sp³-hybridized carbons (Fsp3) is 0.636. The lowest BCUT2D eigenvalue weighted by Gasteiger charge is -2.22. The summed E-state index contributed by atoms with van der Waals surface area (Å²) in [4.78, 5) is 21.6. The summed E-state index contributed by atoms with van der Waals surface area (Å²) in [6, 6.07) is -0.460. The summed E-state index contributed by atoms with van der Waals surface area (Å²) >= 11 is 0. The minimum absolute atomic E-state index is 0.312. The number of hydrogen-bond acceptors (Lipinski definition) is 4. The highest BCUT2D eigenvalue weighted by molar-refractivity contribution is 5.79.